The zero-order valence-electron chi connectivity index (χ0n) is 14.0. The number of rotatable bonds is 3. The summed E-state index contributed by atoms with van der Waals surface area (Å²) in [4.78, 5) is 21.2. The summed E-state index contributed by atoms with van der Waals surface area (Å²) < 4.78 is 0.578. The molecule has 2 heterocycles. The zero-order valence-corrected chi connectivity index (χ0v) is 14.0. The minimum atomic E-state index is -0.517. The molecule has 26 heavy (non-hydrogen) atoms. The van der Waals surface area contributed by atoms with Gasteiger partial charge in [0, 0.05) is 17.3 Å². The Morgan fingerprint density at radius 3 is 2.50 bits per heavy atom. The number of benzene rings is 2. The van der Waals surface area contributed by atoms with Gasteiger partial charge in [0.1, 0.15) is 0 Å². The topological polar surface area (TPSA) is 80.0 Å². The van der Waals surface area contributed by atoms with Crippen LogP contribution >= 0.6 is 0 Å². The third kappa shape index (κ3) is 2.77. The highest BCUT2D eigenvalue weighted by atomic mass is 16.5. The Bertz CT molecular complexity index is 1150. The van der Waals surface area contributed by atoms with Crippen molar-refractivity contribution in [1.29, 1.82) is 0 Å². The molecule has 0 bridgehead atoms. The van der Waals surface area contributed by atoms with Crippen molar-refractivity contribution < 1.29 is 5.21 Å². The van der Waals surface area contributed by atoms with Crippen molar-refractivity contribution in [2.45, 2.75) is 6.92 Å². The molecule has 2 aromatic carbocycles. The SMILES string of the molecule is Cc1ccccc1-c1cc2cnc(Nc3ccccc3)nc2n(O)c1=O. The zero-order chi connectivity index (χ0) is 18.1. The number of aryl methyl sites for hydroxylation is 1. The summed E-state index contributed by atoms with van der Waals surface area (Å²) >= 11 is 0. The lowest BCUT2D eigenvalue weighted by Crippen LogP contribution is -2.21. The molecule has 0 atom stereocenters. The summed E-state index contributed by atoms with van der Waals surface area (Å²) in [6, 6.07) is 18.7. The van der Waals surface area contributed by atoms with Crippen LogP contribution in [0.5, 0.6) is 0 Å². The molecule has 0 spiro atoms. The van der Waals surface area contributed by atoms with Crippen LogP contribution in [-0.2, 0) is 0 Å². The number of aromatic nitrogens is 3. The highest BCUT2D eigenvalue weighted by molar-refractivity contribution is 5.82. The van der Waals surface area contributed by atoms with E-state index >= 15 is 0 Å². The number of fused-ring (bicyclic) bond motifs is 1. The summed E-state index contributed by atoms with van der Waals surface area (Å²) in [7, 11) is 0. The van der Waals surface area contributed by atoms with Crippen molar-refractivity contribution in [3.05, 3.63) is 82.8 Å². The van der Waals surface area contributed by atoms with Gasteiger partial charge in [0.05, 0.1) is 5.56 Å². The van der Waals surface area contributed by atoms with Gasteiger partial charge < -0.3 is 10.5 Å². The predicted molar refractivity (Wildman–Crippen MR) is 101 cm³/mol. The molecule has 6 heteroatoms. The van der Waals surface area contributed by atoms with Crippen LogP contribution in [0.25, 0.3) is 22.2 Å². The lowest BCUT2D eigenvalue weighted by Gasteiger charge is -2.10. The quantitative estimate of drug-likeness (QED) is 0.553. The van der Waals surface area contributed by atoms with Crippen molar-refractivity contribution >= 4 is 22.7 Å². The fourth-order valence-electron chi connectivity index (χ4n) is 2.86. The molecular formula is C20H16N4O2. The molecule has 0 fully saturated rings. The van der Waals surface area contributed by atoms with Gasteiger partial charge in [-0.15, -0.1) is 4.73 Å². The first-order valence-electron chi connectivity index (χ1n) is 8.13. The lowest BCUT2D eigenvalue weighted by atomic mass is 10.0. The molecule has 128 valence electrons. The first-order valence-corrected chi connectivity index (χ1v) is 8.13. The molecule has 2 N–H and O–H groups in total. The number of hydrogen-bond donors (Lipinski definition) is 2. The van der Waals surface area contributed by atoms with Crippen LogP contribution in [0.3, 0.4) is 0 Å². The van der Waals surface area contributed by atoms with Crippen LogP contribution in [0, 0.1) is 6.92 Å². The van der Waals surface area contributed by atoms with Gasteiger partial charge in [-0.2, -0.15) is 4.98 Å². The molecule has 0 saturated heterocycles. The van der Waals surface area contributed by atoms with Gasteiger partial charge in [-0.25, -0.2) is 4.98 Å². The van der Waals surface area contributed by atoms with E-state index in [9.17, 15) is 10.0 Å². The predicted octanol–water partition coefficient (Wildman–Crippen LogP) is 3.75. The maximum absolute atomic E-state index is 12.6. The van der Waals surface area contributed by atoms with Gasteiger partial charge >= 0.3 is 0 Å². The van der Waals surface area contributed by atoms with E-state index in [4.69, 9.17) is 0 Å². The fourth-order valence-corrected chi connectivity index (χ4v) is 2.86. The molecule has 0 saturated carbocycles. The Morgan fingerprint density at radius 2 is 1.73 bits per heavy atom. The third-order valence-electron chi connectivity index (χ3n) is 4.18. The summed E-state index contributed by atoms with van der Waals surface area (Å²) in [5.74, 6) is 0.301. The molecule has 0 aliphatic carbocycles. The highest BCUT2D eigenvalue weighted by Crippen LogP contribution is 2.23. The monoisotopic (exact) mass is 344 g/mol. The van der Waals surface area contributed by atoms with Crippen LogP contribution in [0.1, 0.15) is 5.56 Å². The molecule has 0 radical (unpaired) electrons. The average molecular weight is 344 g/mol. The first kappa shape index (κ1) is 15.8. The summed E-state index contributed by atoms with van der Waals surface area (Å²) in [6.07, 6.45) is 1.58. The highest BCUT2D eigenvalue weighted by Gasteiger charge is 2.14. The summed E-state index contributed by atoms with van der Waals surface area (Å²) in [6.45, 7) is 1.92. The summed E-state index contributed by atoms with van der Waals surface area (Å²) in [5.41, 5.74) is 2.58. The lowest BCUT2D eigenvalue weighted by molar-refractivity contribution is 0.187. The van der Waals surface area contributed by atoms with Crippen molar-refractivity contribution in [1.82, 2.24) is 14.7 Å². The van der Waals surface area contributed by atoms with Gasteiger partial charge in [0.25, 0.3) is 5.56 Å². The second-order valence-corrected chi connectivity index (χ2v) is 5.95. The molecule has 4 rings (SSSR count). The number of nitrogens with one attached hydrogen (secondary N) is 1. The minimum absolute atomic E-state index is 0.153. The number of pyridine rings is 1. The van der Waals surface area contributed by atoms with E-state index in [1.165, 1.54) is 0 Å². The van der Waals surface area contributed by atoms with Gasteiger partial charge in [0.2, 0.25) is 5.95 Å². The van der Waals surface area contributed by atoms with Gasteiger partial charge in [-0.05, 0) is 36.2 Å². The Morgan fingerprint density at radius 1 is 1.00 bits per heavy atom. The normalized spacial score (nSPS) is 10.8. The largest absolute Gasteiger partial charge is 0.423 e. The van der Waals surface area contributed by atoms with Crippen LogP contribution in [-0.4, -0.2) is 19.9 Å². The molecule has 6 nitrogen and oxygen atoms in total. The van der Waals surface area contributed by atoms with E-state index in [0.717, 1.165) is 16.8 Å². The molecule has 0 aliphatic rings. The number of hydrogen-bond acceptors (Lipinski definition) is 5. The molecule has 0 amide bonds. The van der Waals surface area contributed by atoms with E-state index < -0.39 is 5.56 Å². The molecule has 2 aromatic heterocycles. The Labute approximate surface area is 149 Å². The fraction of sp³-hybridized carbons (Fsp3) is 0.0500. The Kier molecular flexibility index (Phi) is 3.85. The van der Waals surface area contributed by atoms with Crippen LogP contribution in [0.2, 0.25) is 0 Å². The van der Waals surface area contributed by atoms with Crippen LogP contribution < -0.4 is 10.9 Å². The smallest absolute Gasteiger partial charge is 0.292 e. The van der Waals surface area contributed by atoms with Crippen molar-refractivity contribution in [3.8, 4) is 11.1 Å². The second kappa shape index (κ2) is 6.33. The molecule has 0 unspecified atom stereocenters. The number of anilines is 2. The standard InChI is InChI=1S/C20H16N4O2/c1-13-7-5-6-10-16(13)17-11-14-12-21-20(22-15-8-3-2-4-9-15)23-18(14)24(26)19(17)25/h2-12,26H,1H3,(H,21,22,23). The van der Waals surface area contributed by atoms with Crippen molar-refractivity contribution in [2.24, 2.45) is 0 Å². The van der Waals surface area contributed by atoms with E-state index in [0.29, 0.717) is 21.6 Å². The molecule has 4 aromatic rings. The van der Waals surface area contributed by atoms with Crippen LogP contribution in [0.15, 0.2) is 71.7 Å². The Balaban J connectivity index is 1.83. The molecular weight excluding hydrogens is 328 g/mol. The maximum atomic E-state index is 12.6. The Hall–Kier alpha value is -3.67. The minimum Gasteiger partial charge on any atom is -0.423 e. The van der Waals surface area contributed by atoms with E-state index in [1.54, 1.807) is 12.3 Å². The number of nitrogens with zero attached hydrogens (tertiary/aromatic N) is 3. The average Bonchev–Trinajstić information content (AvgIpc) is 2.66. The third-order valence-corrected chi connectivity index (χ3v) is 4.18. The second-order valence-electron chi connectivity index (χ2n) is 5.95. The van der Waals surface area contributed by atoms with E-state index in [2.05, 4.69) is 15.3 Å². The van der Waals surface area contributed by atoms with Crippen LogP contribution in [0.4, 0.5) is 11.6 Å². The maximum Gasteiger partial charge on any atom is 0.292 e. The van der Waals surface area contributed by atoms with E-state index in [-0.39, 0.29) is 5.65 Å². The first-order chi connectivity index (χ1) is 12.6. The van der Waals surface area contributed by atoms with Gasteiger partial charge in [-0.3, -0.25) is 4.79 Å². The van der Waals surface area contributed by atoms with Crippen molar-refractivity contribution in [2.75, 3.05) is 5.32 Å². The van der Waals surface area contributed by atoms with Crippen molar-refractivity contribution in [3.63, 3.8) is 0 Å². The van der Waals surface area contributed by atoms with Gasteiger partial charge in [-0.1, -0.05) is 42.5 Å². The summed E-state index contributed by atoms with van der Waals surface area (Å²) in [5, 5.41) is 14.0. The van der Waals surface area contributed by atoms with E-state index in [1.807, 2.05) is 61.5 Å². The van der Waals surface area contributed by atoms with Gasteiger partial charge in [0.15, 0.2) is 5.65 Å². The number of para-hydroxylation sites is 1. The molecule has 0 aliphatic heterocycles.